The third-order valence-electron chi connectivity index (χ3n) is 3.50. The zero-order valence-electron chi connectivity index (χ0n) is 11.7. The van der Waals surface area contributed by atoms with Crippen molar-refractivity contribution in [1.29, 1.82) is 0 Å². The molecule has 3 nitrogen and oxygen atoms in total. The lowest BCUT2D eigenvalue weighted by molar-refractivity contribution is 0.353. The Morgan fingerprint density at radius 1 is 1.33 bits per heavy atom. The number of benzene rings is 1. The number of piperidine rings is 1. The normalized spacial score (nSPS) is 20.1. The van der Waals surface area contributed by atoms with E-state index in [0.717, 1.165) is 18.8 Å². The summed E-state index contributed by atoms with van der Waals surface area (Å²) in [7, 11) is 5.96. The van der Waals surface area contributed by atoms with E-state index in [9.17, 15) is 0 Å². The smallest absolute Gasteiger partial charge is 0.128 e. The van der Waals surface area contributed by atoms with Crippen LogP contribution in [0, 0.1) is 0 Å². The molecule has 1 heterocycles. The summed E-state index contributed by atoms with van der Waals surface area (Å²) in [5.74, 6) is 1.06. The molecule has 2 rings (SSSR count). The van der Waals surface area contributed by atoms with Crippen LogP contribution in [0.15, 0.2) is 18.2 Å². The van der Waals surface area contributed by atoms with Gasteiger partial charge in [0.15, 0.2) is 0 Å². The van der Waals surface area contributed by atoms with Crippen molar-refractivity contribution in [2.24, 2.45) is 0 Å². The molecular formula is C15H24N2O. The van der Waals surface area contributed by atoms with Gasteiger partial charge in [0.2, 0.25) is 0 Å². The minimum absolute atomic E-state index is 0.454. The Kier molecular flexibility index (Phi) is 4.61. The molecule has 1 unspecified atom stereocenters. The molecule has 1 N–H and O–H groups in total. The van der Waals surface area contributed by atoms with Gasteiger partial charge in [-0.25, -0.2) is 0 Å². The fraction of sp³-hybridized carbons (Fsp3) is 0.600. The molecule has 1 saturated heterocycles. The standard InChI is InChI=1S/C15H24N2O/c1-17(2)11-12-7-6-8-13(15(12)18-3)14-9-4-5-10-16-14/h6-8,14,16H,4-5,9-11H2,1-3H3. The number of para-hydroxylation sites is 1. The van der Waals surface area contributed by atoms with Crippen LogP contribution in [0.5, 0.6) is 5.75 Å². The molecule has 0 aromatic heterocycles. The topological polar surface area (TPSA) is 24.5 Å². The first-order chi connectivity index (χ1) is 8.72. The zero-order chi connectivity index (χ0) is 13.0. The molecule has 18 heavy (non-hydrogen) atoms. The lowest BCUT2D eigenvalue weighted by atomic mass is 9.95. The number of ether oxygens (including phenoxy) is 1. The van der Waals surface area contributed by atoms with Gasteiger partial charge < -0.3 is 15.0 Å². The predicted octanol–water partition coefficient (Wildman–Crippen LogP) is 2.57. The summed E-state index contributed by atoms with van der Waals surface area (Å²) in [5.41, 5.74) is 2.59. The molecule has 0 spiro atoms. The first-order valence-corrected chi connectivity index (χ1v) is 6.76. The van der Waals surface area contributed by atoms with Gasteiger partial charge in [0, 0.05) is 23.7 Å². The van der Waals surface area contributed by atoms with Gasteiger partial charge in [-0.15, -0.1) is 0 Å². The molecule has 100 valence electrons. The highest BCUT2D eigenvalue weighted by Crippen LogP contribution is 2.33. The summed E-state index contributed by atoms with van der Waals surface area (Å²) in [6, 6.07) is 6.95. The van der Waals surface area contributed by atoms with Crippen molar-refractivity contribution in [3.05, 3.63) is 29.3 Å². The van der Waals surface area contributed by atoms with Crippen LogP contribution in [0.25, 0.3) is 0 Å². The van der Waals surface area contributed by atoms with Gasteiger partial charge in [-0.1, -0.05) is 24.6 Å². The Labute approximate surface area is 110 Å². The van der Waals surface area contributed by atoms with E-state index in [2.05, 4.69) is 42.5 Å². The second kappa shape index (κ2) is 6.21. The monoisotopic (exact) mass is 248 g/mol. The Hall–Kier alpha value is -1.06. The van der Waals surface area contributed by atoms with Crippen molar-refractivity contribution >= 4 is 0 Å². The number of nitrogens with zero attached hydrogens (tertiary/aromatic N) is 1. The fourth-order valence-corrected chi connectivity index (χ4v) is 2.71. The maximum atomic E-state index is 5.66. The van der Waals surface area contributed by atoms with Crippen LogP contribution in [-0.4, -0.2) is 32.6 Å². The van der Waals surface area contributed by atoms with Gasteiger partial charge in [0.1, 0.15) is 5.75 Å². The fourth-order valence-electron chi connectivity index (χ4n) is 2.71. The lowest BCUT2D eigenvalue weighted by Crippen LogP contribution is -2.27. The van der Waals surface area contributed by atoms with Crippen molar-refractivity contribution in [2.45, 2.75) is 31.8 Å². The second-order valence-electron chi connectivity index (χ2n) is 5.28. The van der Waals surface area contributed by atoms with Crippen LogP contribution in [-0.2, 0) is 6.54 Å². The highest BCUT2D eigenvalue weighted by Gasteiger charge is 2.20. The van der Waals surface area contributed by atoms with Gasteiger partial charge >= 0.3 is 0 Å². The minimum Gasteiger partial charge on any atom is -0.496 e. The van der Waals surface area contributed by atoms with Gasteiger partial charge in [-0.2, -0.15) is 0 Å². The maximum Gasteiger partial charge on any atom is 0.128 e. The number of hydrogen-bond acceptors (Lipinski definition) is 3. The summed E-state index contributed by atoms with van der Waals surface area (Å²) in [4.78, 5) is 2.18. The second-order valence-corrected chi connectivity index (χ2v) is 5.28. The molecule has 1 atom stereocenters. The highest BCUT2D eigenvalue weighted by molar-refractivity contribution is 5.43. The van der Waals surface area contributed by atoms with Crippen molar-refractivity contribution in [1.82, 2.24) is 10.2 Å². The predicted molar refractivity (Wildman–Crippen MR) is 75.0 cm³/mol. The Balaban J connectivity index is 2.28. The van der Waals surface area contributed by atoms with E-state index >= 15 is 0 Å². The van der Waals surface area contributed by atoms with Crippen molar-refractivity contribution in [3.63, 3.8) is 0 Å². The van der Waals surface area contributed by atoms with Crippen LogP contribution >= 0.6 is 0 Å². The molecule has 0 radical (unpaired) electrons. The average Bonchev–Trinajstić information content (AvgIpc) is 2.39. The first-order valence-electron chi connectivity index (χ1n) is 6.76. The average molecular weight is 248 g/mol. The van der Waals surface area contributed by atoms with Gasteiger partial charge in [-0.05, 0) is 33.5 Å². The molecular weight excluding hydrogens is 224 g/mol. The molecule has 0 aliphatic carbocycles. The van der Waals surface area contributed by atoms with Crippen molar-refractivity contribution in [3.8, 4) is 5.75 Å². The summed E-state index contributed by atoms with van der Waals surface area (Å²) >= 11 is 0. The highest BCUT2D eigenvalue weighted by atomic mass is 16.5. The van der Waals surface area contributed by atoms with Crippen molar-refractivity contribution < 1.29 is 4.74 Å². The van der Waals surface area contributed by atoms with E-state index in [-0.39, 0.29) is 0 Å². The number of nitrogens with one attached hydrogen (secondary N) is 1. The van der Waals surface area contributed by atoms with Gasteiger partial charge in [-0.3, -0.25) is 0 Å². The third-order valence-corrected chi connectivity index (χ3v) is 3.50. The summed E-state index contributed by atoms with van der Waals surface area (Å²) in [5, 5.41) is 3.60. The molecule has 1 aliphatic heterocycles. The molecule has 1 aromatic carbocycles. The molecule has 3 heteroatoms. The van der Waals surface area contributed by atoms with E-state index in [4.69, 9.17) is 4.74 Å². The summed E-state index contributed by atoms with van der Waals surface area (Å²) < 4.78 is 5.66. The molecule has 0 bridgehead atoms. The number of rotatable bonds is 4. The van der Waals surface area contributed by atoms with Gasteiger partial charge in [0.05, 0.1) is 7.11 Å². The van der Waals surface area contributed by atoms with Crippen LogP contribution in [0.4, 0.5) is 0 Å². The molecule has 1 aromatic rings. The molecule has 0 saturated carbocycles. The number of hydrogen-bond donors (Lipinski definition) is 1. The first kappa shape index (κ1) is 13.4. The summed E-state index contributed by atoms with van der Waals surface area (Å²) in [6.45, 7) is 2.04. The Morgan fingerprint density at radius 3 is 2.78 bits per heavy atom. The van der Waals surface area contributed by atoms with Crippen LogP contribution < -0.4 is 10.1 Å². The Morgan fingerprint density at radius 2 is 2.17 bits per heavy atom. The Bertz CT molecular complexity index is 384. The maximum absolute atomic E-state index is 5.66. The largest absolute Gasteiger partial charge is 0.496 e. The van der Waals surface area contributed by atoms with Gasteiger partial charge in [0.25, 0.3) is 0 Å². The minimum atomic E-state index is 0.454. The molecule has 0 amide bonds. The SMILES string of the molecule is COc1c(CN(C)C)cccc1C1CCCCN1. The van der Waals surface area contributed by atoms with Crippen LogP contribution in [0.2, 0.25) is 0 Å². The van der Waals surface area contributed by atoms with Crippen LogP contribution in [0.1, 0.15) is 36.4 Å². The zero-order valence-corrected chi connectivity index (χ0v) is 11.7. The summed E-state index contributed by atoms with van der Waals surface area (Å²) in [6.07, 6.45) is 3.80. The number of methoxy groups -OCH3 is 1. The van der Waals surface area contributed by atoms with Crippen molar-refractivity contribution in [2.75, 3.05) is 27.7 Å². The van der Waals surface area contributed by atoms with Crippen LogP contribution in [0.3, 0.4) is 0 Å². The van der Waals surface area contributed by atoms with E-state index < -0.39 is 0 Å². The van der Waals surface area contributed by atoms with E-state index in [1.807, 2.05) is 0 Å². The van der Waals surface area contributed by atoms with E-state index in [1.165, 1.54) is 30.4 Å². The molecule has 1 fully saturated rings. The molecule has 1 aliphatic rings. The third kappa shape index (κ3) is 3.03. The lowest BCUT2D eigenvalue weighted by Gasteiger charge is -2.26. The quantitative estimate of drug-likeness (QED) is 0.886. The van der Waals surface area contributed by atoms with E-state index in [1.54, 1.807) is 7.11 Å². The van der Waals surface area contributed by atoms with E-state index in [0.29, 0.717) is 6.04 Å².